The topological polar surface area (TPSA) is 132 Å². The summed E-state index contributed by atoms with van der Waals surface area (Å²) in [6.45, 7) is 12.8. The van der Waals surface area contributed by atoms with Crippen LogP contribution in [-0.2, 0) is 17.9 Å². The van der Waals surface area contributed by atoms with Crippen molar-refractivity contribution < 1.29 is 4.79 Å². The van der Waals surface area contributed by atoms with Gasteiger partial charge in [0.1, 0.15) is 11.6 Å². The second kappa shape index (κ2) is 10.4. The van der Waals surface area contributed by atoms with E-state index in [1.807, 2.05) is 32.3 Å². The van der Waals surface area contributed by atoms with E-state index in [2.05, 4.69) is 21.8 Å². The van der Waals surface area contributed by atoms with Crippen LogP contribution >= 0.6 is 11.8 Å². The molecule has 1 saturated carbocycles. The van der Waals surface area contributed by atoms with Gasteiger partial charge >= 0.3 is 5.69 Å². The fraction of sp³-hybridized carbons (Fsp3) is 0.591. The molecular formula is C22H33N7O3S. The molecular weight excluding hydrogens is 442 g/mol. The SMILES string of the molecule is C=CCn1c(SCC(=O)N(CC(C)C)c2c(N)n(CC(C)C)c(=O)[nH]c2=O)nnc1C1CC1. The summed E-state index contributed by atoms with van der Waals surface area (Å²) in [7, 11) is 0. The Morgan fingerprint density at radius 1 is 1.24 bits per heavy atom. The summed E-state index contributed by atoms with van der Waals surface area (Å²) >= 11 is 1.27. The third-order valence-corrected chi connectivity index (χ3v) is 6.16. The Morgan fingerprint density at radius 2 is 1.94 bits per heavy atom. The highest BCUT2D eigenvalue weighted by Gasteiger charge is 2.31. The van der Waals surface area contributed by atoms with Crippen molar-refractivity contribution in [2.24, 2.45) is 11.8 Å². The quantitative estimate of drug-likeness (QED) is 0.376. The Morgan fingerprint density at radius 3 is 2.52 bits per heavy atom. The average Bonchev–Trinajstić information content (AvgIpc) is 3.50. The largest absolute Gasteiger partial charge is 0.383 e. The molecule has 0 radical (unpaired) electrons. The number of rotatable bonds is 11. The van der Waals surface area contributed by atoms with E-state index in [0.717, 1.165) is 18.7 Å². The molecule has 0 saturated heterocycles. The summed E-state index contributed by atoms with van der Waals surface area (Å²) in [6, 6.07) is 0. The number of allylic oxidation sites excluding steroid dienone is 1. The van der Waals surface area contributed by atoms with Crippen LogP contribution in [0.5, 0.6) is 0 Å². The molecule has 1 aliphatic rings. The molecule has 0 bridgehead atoms. The molecule has 2 aromatic heterocycles. The Labute approximate surface area is 197 Å². The Kier molecular flexibility index (Phi) is 7.83. The zero-order valence-electron chi connectivity index (χ0n) is 19.7. The molecule has 33 heavy (non-hydrogen) atoms. The smallest absolute Gasteiger partial charge is 0.330 e. The molecule has 3 N–H and O–H groups in total. The number of nitrogens with zero attached hydrogens (tertiary/aromatic N) is 5. The van der Waals surface area contributed by atoms with E-state index < -0.39 is 11.2 Å². The highest BCUT2D eigenvalue weighted by molar-refractivity contribution is 7.99. The summed E-state index contributed by atoms with van der Waals surface area (Å²) in [5.41, 5.74) is 5.04. The van der Waals surface area contributed by atoms with E-state index in [9.17, 15) is 14.4 Å². The van der Waals surface area contributed by atoms with Crippen molar-refractivity contribution in [3.63, 3.8) is 0 Å². The molecule has 3 rings (SSSR count). The summed E-state index contributed by atoms with van der Waals surface area (Å²) in [4.78, 5) is 42.1. The molecule has 1 fully saturated rings. The maximum Gasteiger partial charge on any atom is 0.330 e. The van der Waals surface area contributed by atoms with E-state index in [0.29, 0.717) is 30.7 Å². The first kappa shape index (κ1) is 24.8. The number of nitrogen functional groups attached to an aromatic ring is 1. The van der Waals surface area contributed by atoms with Crippen LogP contribution < -0.4 is 21.9 Å². The lowest BCUT2D eigenvalue weighted by Crippen LogP contribution is -2.43. The van der Waals surface area contributed by atoms with Crippen LogP contribution in [0.2, 0.25) is 0 Å². The first-order valence-corrected chi connectivity index (χ1v) is 12.2. The molecule has 0 spiro atoms. The van der Waals surface area contributed by atoms with E-state index in [-0.39, 0.29) is 35.0 Å². The second-order valence-electron chi connectivity index (χ2n) is 9.20. The number of carbonyl (C=O) groups excluding carboxylic acids is 1. The highest BCUT2D eigenvalue weighted by Crippen LogP contribution is 2.40. The normalized spacial score (nSPS) is 13.6. The Bertz CT molecular complexity index is 1130. The van der Waals surface area contributed by atoms with Crippen molar-refractivity contribution >= 4 is 29.2 Å². The first-order valence-electron chi connectivity index (χ1n) is 11.2. The van der Waals surface area contributed by atoms with Gasteiger partial charge in [0.05, 0.1) is 5.75 Å². The summed E-state index contributed by atoms with van der Waals surface area (Å²) in [5.74, 6) is 1.31. The first-order chi connectivity index (χ1) is 15.6. The number of aromatic amines is 1. The number of hydrogen-bond donors (Lipinski definition) is 2. The van der Waals surface area contributed by atoms with Crippen molar-refractivity contribution in [1.29, 1.82) is 0 Å². The van der Waals surface area contributed by atoms with E-state index in [1.165, 1.54) is 21.2 Å². The molecule has 0 unspecified atom stereocenters. The number of thioether (sulfide) groups is 1. The van der Waals surface area contributed by atoms with E-state index >= 15 is 0 Å². The van der Waals surface area contributed by atoms with Gasteiger partial charge in [-0.1, -0.05) is 45.5 Å². The summed E-state index contributed by atoms with van der Waals surface area (Å²) in [6.07, 6.45) is 3.97. The third kappa shape index (κ3) is 5.76. The molecule has 2 aromatic rings. The van der Waals surface area contributed by atoms with Crippen molar-refractivity contribution in [3.05, 3.63) is 39.3 Å². The molecule has 11 heteroatoms. The predicted molar refractivity (Wildman–Crippen MR) is 131 cm³/mol. The second-order valence-corrected chi connectivity index (χ2v) is 10.1. The number of H-pyrrole nitrogens is 1. The monoisotopic (exact) mass is 475 g/mol. The average molecular weight is 476 g/mol. The van der Waals surface area contributed by atoms with Crippen molar-refractivity contribution in [2.75, 3.05) is 22.9 Å². The molecule has 2 heterocycles. The Balaban J connectivity index is 1.90. The molecule has 180 valence electrons. The van der Waals surface area contributed by atoms with Crippen LogP contribution in [0.4, 0.5) is 11.5 Å². The van der Waals surface area contributed by atoms with Gasteiger partial charge in [-0.3, -0.25) is 19.1 Å². The Hall–Kier alpha value is -2.82. The standard InChI is InChI=1S/C22H33N7O3S/c1-6-9-27-19(15-7-8-15)25-26-22(27)33-12-16(30)28(10-13(2)3)17-18(23)29(11-14(4)5)21(32)24-20(17)31/h6,13-15H,1,7-12,23H2,2-5H3,(H,24,31,32). The van der Waals surface area contributed by atoms with Crippen LogP contribution in [0.15, 0.2) is 27.4 Å². The van der Waals surface area contributed by atoms with E-state index in [1.54, 1.807) is 6.08 Å². The van der Waals surface area contributed by atoms with E-state index in [4.69, 9.17) is 5.73 Å². The predicted octanol–water partition coefficient (Wildman–Crippen LogP) is 2.21. The lowest BCUT2D eigenvalue weighted by atomic mass is 10.2. The van der Waals surface area contributed by atoms with Gasteiger partial charge in [-0.25, -0.2) is 4.79 Å². The van der Waals surface area contributed by atoms with Crippen molar-refractivity contribution in [3.8, 4) is 0 Å². The molecule has 0 aromatic carbocycles. The number of carbonyl (C=O) groups is 1. The zero-order chi connectivity index (χ0) is 24.3. The number of nitrogens with one attached hydrogen (secondary N) is 1. The summed E-state index contributed by atoms with van der Waals surface area (Å²) < 4.78 is 3.30. The lowest BCUT2D eigenvalue weighted by molar-refractivity contribution is -0.116. The van der Waals surface area contributed by atoms with Crippen LogP contribution in [0.1, 0.15) is 52.3 Å². The van der Waals surface area contributed by atoms with Gasteiger partial charge in [0, 0.05) is 25.6 Å². The van der Waals surface area contributed by atoms with Gasteiger partial charge < -0.3 is 15.2 Å². The minimum atomic E-state index is -0.664. The molecule has 0 atom stereocenters. The van der Waals surface area contributed by atoms with Crippen LogP contribution in [0.3, 0.4) is 0 Å². The zero-order valence-corrected chi connectivity index (χ0v) is 20.5. The van der Waals surface area contributed by atoms with Gasteiger partial charge in [0.15, 0.2) is 10.8 Å². The minimum absolute atomic E-state index is 0.00212. The number of hydrogen-bond acceptors (Lipinski definition) is 7. The number of amides is 1. The maximum absolute atomic E-state index is 13.3. The van der Waals surface area contributed by atoms with Crippen LogP contribution in [0.25, 0.3) is 0 Å². The van der Waals surface area contributed by atoms with Gasteiger partial charge in [-0.15, -0.1) is 16.8 Å². The van der Waals surface area contributed by atoms with Crippen molar-refractivity contribution in [1.82, 2.24) is 24.3 Å². The maximum atomic E-state index is 13.3. The van der Waals surface area contributed by atoms with Gasteiger partial charge in [0.2, 0.25) is 5.91 Å². The minimum Gasteiger partial charge on any atom is -0.383 e. The van der Waals surface area contributed by atoms with Gasteiger partial charge in [-0.2, -0.15) is 0 Å². The molecule has 10 nitrogen and oxygen atoms in total. The highest BCUT2D eigenvalue weighted by atomic mass is 32.2. The number of anilines is 2. The molecule has 1 aliphatic carbocycles. The van der Waals surface area contributed by atoms with Crippen LogP contribution in [-0.4, -0.2) is 42.5 Å². The number of nitrogens with two attached hydrogens (primary N) is 1. The fourth-order valence-electron chi connectivity index (χ4n) is 3.62. The van der Waals surface area contributed by atoms with Crippen LogP contribution in [0, 0.1) is 11.8 Å². The molecule has 1 amide bonds. The number of aromatic nitrogens is 5. The molecule has 0 aliphatic heterocycles. The summed E-state index contributed by atoms with van der Waals surface area (Å²) in [5, 5.41) is 9.22. The van der Waals surface area contributed by atoms with Crippen molar-refractivity contribution in [2.45, 2.75) is 64.7 Å². The lowest BCUT2D eigenvalue weighted by Gasteiger charge is -2.26. The van der Waals surface area contributed by atoms with Gasteiger partial charge in [-0.05, 0) is 24.7 Å². The van der Waals surface area contributed by atoms with Gasteiger partial charge in [0.25, 0.3) is 5.56 Å². The third-order valence-electron chi connectivity index (χ3n) is 5.20. The fourth-order valence-corrected chi connectivity index (χ4v) is 4.45.